The predicted molar refractivity (Wildman–Crippen MR) is 116 cm³/mol. The van der Waals surface area contributed by atoms with E-state index in [1.807, 2.05) is 29.6 Å². The number of ether oxygens (including phenoxy) is 1. The van der Waals surface area contributed by atoms with E-state index in [2.05, 4.69) is 10.3 Å². The number of sulfonamides is 1. The summed E-state index contributed by atoms with van der Waals surface area (Å²) in [6.07, 6.45) is 1.40. The lowest BCUT2D eigenvalue weighted by atomic mass is 10.1. The van der Waals surface area contributed by atoms with Crippen LogP contribution in [0.2, 0.25) is 0 Å². The predicted octanol–water partition coefficient (Wildman–Crippen LogP) is 3.40. The smallest absolute Gasteiger partial charge is 0.231 e. The molecule has 0 atom stereocenters. The highest BCUT2D eigenvalue weighted by atomic mass is 32.2. The standard InChI is InChI=1S/C20H21N3O4S2/c1-23(29(3,25)26)16-8-6-15(7-9-16)18-13-28-20(21-18)22-19(24)12-14-4-10-17(27-2)11-5-14/h4-11,13H,12H2,1-3H3,(H,21,22,24). The summed E-state index contributed by atoms with van der Waals surface area (Å²) >= 11 is 1.33. The highest BCUT2D eigenvalue weighted by Crippen LogP contribution is 2.27. The van der Waals surface area contributed by atoms with Crippen molar-refractivity contribution in [2.75, 3.05) is 30.0 Å². The van der Waals surface area contributed by atoms with Crippen molar-refractivity contribution in [1.29, 1.82) is 0 Å². The minimum absolute atomic E-state index is 0.152. The molecule has 1 aromatic heterocycles. The van der Waals surface area contributed by atoms with Gasteiger partial charge in [-0.1, -0.05) is 24.3 Å². The Morgan fingerprint density at radius 3 is 2.38 bits per heavy atom. The Balaban J connectivity index is 1.64. The van der Waals surface area contributed by atoms with Gasteiger partial charge in [0, 0.05) is 18.0 Å². The third kappa shape index (κ3) is 5.33. The van der Waals surface area contributed by atoms with Gasteiger partial charge in [0.15, 0.2) is 5.13 Å². The van der Waals surface area contributed by atoms with Crippen molar-refractivity contribution < 1.29 is 17.9 Å². The summed E-state index contributed by atoms with van der Waals surface area (Å²) in [5.74, 6) is 0.591. The fourth-order valence-corrected chi connectivity index (χ4v) is 3.83. The molecule has 0 unspecified atom stereocenters. The normalized spacial score (nSPS) is 11.1. The van der Waals surface area contributed by atoms with Crippen LogP contribution in [0, 0.1) is 0 Å². The Bertz CT molecular complexity index is 1090. The number of aromatic nitrogens is 1. The molecule has 0 radical (unpaired) electrons. The van der Waals surface area contributed by atoms with Crippen LogP contribution in [0.4, 0.5) is 10.8 Å². The molecule has 9 heteroatoms. The zero-order valence-corrected chi connectivity index (χ0v) is 17.9. The zero-order valence-electron chi connectivity index (χ0n) is 16.2. The van der Waals surface area contributed by atoms with Gasteiger partial charge >= 0.3 is 0 Å². The van der Waals surface area contributed by atoms with E-state index in [-0.39, 0.29) is 12.3 Å². The highest BCUT2D eigenvalue weighted by Gasteiger charge is 2.13. The molecule has 0 saturated heterocycles. The molecule has 1 N–H and O–H groups in total. The second kappa shape index (κ2) is 8.62. The van der Waals surface area contributed by atoms with Crippen LogP contribution in [-0.2, 0) is 21.2 Å². The number of carbonyl (C=O) groups is 1. The third-order valence-corrected chi connectivity index (χ3v) is 6.26. The lowest BCUT2D eigenvalue weighted by molar-refractivity contribution is -0.115. The topological polar surface area (TPSA) is 88.6 Å². The van der Waals surface area contributed by atoms with E-state index in [9.17, 15) is 13.2 Å². The Morgan fingerprint density at radius 2 is 1.79 bits per heavy atom. The maximum atomic E-state index is 12.3. The number of rotatable bonds is 7. The monoisotopic (exact) mass is 431 g/mol. The van der Waals surface area contributed by atoms with Crippen molar-refractivity contribution in [1.82, 2.24) is 4.98 Å². The molecule has 0 saturated carbocycles. The van der Waals surface area contributed by atoms with E-state index in [0.717, 1.165) is 23.1 Å². The van der Waals surface area contributed by atoms with Crippen LogP contribution in [0.5, 0.6) is 5.75 Å². The number of benzene rings is 2. The van der Waals surface area contributed by atoms with Gasteiger partial charge in [0.2, 0.25) is 15.9 Å². The van der Waals surface area contributed by atoms with Crippen LogP contribution in [-0.4, -0.2) is 39.7 Å². The van der Waals surface area contributed by atoms with Crippen LogP contribution in [0.25, 0.3) is 11.3 Å². The Kier molecular flexibility index (Phi) is 6.19. The molecular formula is C20H21N3O4S2. The van der Waals surface area contributed by atoms with Gasteiger partial charge in [0.05, 0.1) is 31.2 Å². The highest BCUT2D eigenvalue weighted by molar-refractivity contribution is 7.92. The lowest BCUT2D eigenvalue weighted by Gasteiger charge is -2.16. The number of thiazole rings is 1. The van der Waals surface area contributed by atoms with Crippen LogP contribution in [0.3, 0.4) is 0 Å². The van der Waals surface area contributed by atoms with E-state index in [1.54, 1.807) is 31.4 Å². The Hall–Kier alpha value is -2.91. The lowest BCUT2D eigenvalue weighted by Crippen LogP contribution is -2.24. The Morgan fingerprint density at radius 1 is 1.14 bits per heavy atom. The number of hydrogen-bond acceptors (Lipinski definition) is 6. The van der Waals surface area contributed by atoms with Gasteiger partial charge in [-0.2, -0.15) is 0 Å². The average Bonchev–Trinajstić information content (AvgIpc) is 3.15. The molecule has 3 rings (SSSR count). The molecule has 0 spiro atoms. The number of anilines is 2. The molecule has 1 amide bonds. The second-order valence-corrected chi connectivity index (χ2v) is 9.26. The van der Waals surface area contributed by atoms with E-state index < -0.39 is 10.0 Å². The van der Waals surface area contributed by atoms with Crippen LogP contribution >= 0.6 is 11.3 Å². The first kappa shape index (κ1) is 20.8. The summed E-state index contributed by atoms with van der Waals surface area (Å²) in [5, 5.41) is 5.16. The summed E-state index contributed by atoms with van der Waals surface area (Å²) in [5.41, 5.74) is 3.00. The minimum Gasteiger partial charge on any atom is -0.497 e. The van der Waals surface area contributed by atoms with Crippen molar-refractivity contribution >= 4 is 38.1 Å². The molecule has 2 aromatic carbocycles. The molecule has 152 valence electrons. The molecule has 0 aliphatic rings. The second-order valence-electron chi connectivity index (χ2n) is 6.39. The number of amides is 1. The summed E-state index contributed by atoms with van der Waals surface area (Å²) < 4.78 is 29.6. The van der Waals surface area contributed by atoms with Crippen molar-refractivity contribution in [2.45, 2.75) is 6.42 Å². The van der Waals surface area contributed by atoms with Gasteiger partial charge < -0.3 is 10.1 Å². The van der Waals surface area contributed by atoms with Crippen molar-refractivity contribution in [3.05, 3.63) is 59.5 Å². The van der Waals surface area contributed by atoms with Gasteiger partial charge in [-0.25, -0.2) is 13.4 Å². The molecule has 0 fully saturated rings. The molecule has 7 nitrogen and oxygen atoms in total. The van der Waals surface area contributed by atoms with Crippen molar-refractivity contribution in [2.24, 2.45) is 0 Å². The summed E-state index contributed by atoms with van der Waals surface area (Å²) in [6, 6.07) is 14.4. The Labute approximate surface area is 174 Å². The first-order valence-electron chi connectivity index (χ1n) is 8.69. The first-order chi connectivity index (χ1) is 13.8. The summed E-state index contributed by atoms with van der Waals surface area (Å²) in [6.45, 7) is 0. The molecule has 0 aliphatic heterocycles. The molecule has 1 heterocycles. The zero-order chi connectivity index (χ0) is 21.0. The van der Waals surface area contributed by atoms with Gasteiger partial charge in [-0.05, 0) is 29.8 Å². The minimum atomic E-state index is -3.31. The quantitative estimate of drug-likeness (QED) is 0.619. The van der Waals surface area contributed by atoms with E-state index in [0.29, 0.717) is 16.5 Å². The number of hydrogen-bond donors (Lipinski definition) is 1. The maximum Gasteiger partial charge on any atom is 0.231 e. The van der Waals surface area contributed by atoms with Crippen molar-refractivity contribution in [3.8, 4) is 17.0 Å². The number of methoxy groups -OCH3 is 1. The molecule has 29 heavy (non-hydrogen) atoms. The average molecular weight is 432 g/mol. The fraction of sp³-hybridized carbons (Fsp3) is 0.200. The number of carbonyl (C=O) groups excluding carboxylic acids is 1. The molecule has 0 aliphatic carbocycles. The molecular weight excluding hydrogens is 410 g/mol. The van der Waals surface area contributed by atoms with E-state index >= 15 is 0 Å². The largest absolute Gasteiger partial charge is 0.497 e. The van der Waals surface area contributed by atoms with Crippen LogP contribution in [0.15, 0.2) is 53.9 Å². The van der Waals surface area contributed by atoms with Crippen molar-refractivity contribution in [3.63, 3.8) is 0 Å². The molecule has 0 bridgehead atoms. The fourth-order valence-electron chi connectivity index (χ4n) is 2.59. The van der Waals surface area contributed by atoms with Gasteiger partial charge in [-0.3, -0.25) is 9.10 Å². The number of nitrogens with zero attached hydrogens (tertiary/aromatic N) is 2. The first-order valence-corrected chi connectivity index (χ1v) is 11.4. The van der Waals surface area contributed by atoms with Crippen LogP contribution in [0.1, 0.15) is 5.56 Å². The van der Waals surface area contributed by atoms with E-state index in [4.69, 9.17) is 4.74 Å². The maximum absolute atomic E-state index is 12.3. The number of nitrogens with one attached hydrogen (secondary N) is 1. The third-order valence-electron chi connectivity index (χ3n) is 4.30. The summed E-state index contributed by atoms with van der Waals surface area (Å²) in [7, 11) is -0.207. The molecule has 3 aromatic rings. The van der Waals surface area contributed by atoms with Gasteiger partial charge in [0.25, 0.3) is 0 Å². The van der Waals surface area contributed by atoms with E-state index in [1.165, 1.54) is 22.7 Å². The van der Waals surface area contributed by atoms with Gasteiger partial charge in [0.1, 0.15) is 5.75 Å². The SMILES string of the molecule is COc1ccc(CC(=O)Nc2nc(-c3ccc(N(C)S(C)(=O)=O)cc3)cs2)cc1. The van der Waals surface area contributed by atoms with Crippen LogP contribution < -0.4 is 14.4 Å². The van der Waals surface area contributed by atoms with Gasteiger partial charge in [-0.15, -0.1) is 11.3 Å². The summed E-state index contributed by atoms with van der Waals surface area (Å²) in [4.78, 5) is 16.7.